The Bertz CT molecular complexity index is 234. The first kappa shape index (κ1) is 9.20. The lowest BCUT2D eigenvalue weighted by molar-refractivity contribution is -0.161. The van der Waals surface area contributed by atoms with Crippen LogP contribution < -0.4 is 5.73 Å². The molecule has 0 radical (unpaired) electrons. The molecule has 3 unspecified atom stereocenters. The minimum Gasteiger partial charge on any atom is -0.329 e. The van der Waals surface area contributed by atoms with E-state index in [1.165, 1.54) is 12.8 Å². The summed E-state index contributed by atoms with van der Waals surface area (Å²) in [5.41, 5.74) is 5.93. The SMILES string of the molecule is CC1(C)C2CCC(C=O)(CN)C1C2. The molecule has 0 spiro atoms. The van der Waals surface area contributed by atoms with E-state index in [1.807, 2.05) is 0 Å². The van der Waals surface area contributed by atoms with Gasteiger partial charge < -0.3 is 10.5 Å². The van der Waals surface area contributed by atoms with Gasteiger partial charge in [0.05, 0.1) is 0 Å². The zero-order valence-electron chi connectivity index (χ0n) is 8.55. The summed E-state index contributed by atoms with van der Waals surface area (Å²) in [6.07, 6.45) is 4.57. The van der Waals surface area contributed by atoms with E-state index in [4.69, 9.17) is 5.73 Å². The molecule has 2 N–H and O–H groups in total. The maximum atomic E-state index is 11.2. The molecule has 2 bridgehead atoms. The topological polar surface area (TPSA) is 43.1 Å². The molecule has 2 heteroatoms. The van der Waals surface area contributed by atoms with Crippen LogP contribution in [-0.4, -0.2) is 12.8 Å². The van der Waals surface area contributed by atoms with Gasteiger partial charge in [0.1, 0.15) is 6.29 Å². The summed E-state index contributed by atoms with van der Waals surface area (Å²) in [5, 5.41) is 0. The van der Waals surface area contributed by atoms with Crippen LogP contribution in [0.4, 0.5) is 0 Å². The average molecular weight is 181 g/mol. The molecule has 74 valence electrons. The number of rotatable bonds is 2. The molecule has 3 saturated carbocycles. The van der Waals surface area contributed by atoms with E-state index in [1.54, 1.807) is 0 Å². The summed E-state index contributed by atoms with van der Waals surface area (Å²) in [6.45, 7) is 5.12. The van der Waals surface area contributed by atoms with E-state index >= 15 is 0 Å². The predicted octanol–water partition coefficient (Wildman–Crippen LogP) is 1.59. The molecule has 0 saturated heterocycles. The van der Waals surface area contributed by atoms with Gasteiger partial charge in [0.15, 0.2) is 0 Å². The lowest BCUT2D eigenvalue weighted by Gasteiger charge is -2.63. The fraction of sp³-hybridized carbons (Fsp3) is 0.909. The second kappa shape index (κ2) is 2.57. The van der Waals surface area contributed by atoms with E-state index in [0.717, 1.165) is 18.6 Å². The van der Waals surface area contributed by atoms with E-state index in [0.29, 0.717) is 17.9 Å². The zero-order valence-corrected chi connectivity index (χ0v) is 8.55. The van der Waals surface area contributed by atoms with Crippen molar-refractivity contribution in [3.05, 3.63) is 0 Å². The second-order valence-corrected chi connectivity index (χ2v) is 5.40. The Kier molecular flexibility index (Phi) is 1.82. The maximum absolute atomic E-state index is 11.2. The van der Waals surface area contributed by atoms with Gasteiger partial charge in [-0.3, -0.25) is 0 Å². The van der Waals surface area contributed by atoms with Crippen LogP contribution in [0.15, 0.2) is 0 Å². The van der Waals surface area contributed by atoms with Crippen LogP contribution in [0.5, 0.6) is 0 Å². The van der Waals surface area contributed by atoms with Crippen LogP contribution in [-0.2, 0) is 4.79 Å². The van der Waals surface area contributed by atoms with E-state index in [2.05, 4.69) is 13.8 Å². The van der Waals surface area contributed by atoms with Crippen LogP contribution in [0.2, 0.25) is 0 Å². The van der Waals surface area contributed by atoms with Crippen LogP contribution in [0.25, 0.3) is 0 Å². The molecule has 3 aliphatic rings. The molecular weight excluding hydrogens is 162 g/mol. The highest BCUT2D eigenvalue weighted by atomic mass is 16.1. The molecule has 0 heterocycles. The summed E-state index contributed by atoms with van der Waals surface area (Å²) in [5.74, 6) is 1.39. The van der Waals surface area contributed by atoms with Crippen molar-refractivity contribution in [1.29, 1.82) is 0 Å². The Morgan fingerprint density at radius 1 is 1.54 bits per heavy atom. The predicted molar refractivity (Wildman–Crippen MR) is 52.2 cm³/mol. The highest BCUT2D eigenvalue weighted by Gasteiger charge is 2.60. The summed E-state index contributed by atoms with van der Waals surface area (Å²) in [6, 6.07) is 0. The number of carbonyl (C=O) groups excluding carboxylic acids is 1. The van der Waals surface area contributed by atoms with Crippen molar-refractivity contribution in [3.8, 4) is 0 Å². The summed E-state index contributed by atoms with van der Waals surface area (Å²) >= 11 is 0. The third-order valence-corrected chi connectivity index (χ3v) is 4.74. The normalized spacial score (nSPS) is 46.7. The largest absolute Gasteiger partial charge is 0.329 e. The lowest BCUT2D eigenvalue weighted by atomic mass is 9.41. The number of nitrogens with two attached hydrogens (primary N) is 1. The average Bonchev–Trinajstić information content (AvgIpc) is 2.17. The number of aldehydes is 1. The highest BCUT2D eigenvalue weighted by Crippen LogP contribution is 2.65. The van der Waals surface area contributed by atoms with Gasteiger partial charge in [0, 0.05) is 12.0 Å². The number of fused-ring (bicyclic) bond motifs is 2. The minimum atomic E-state index is -0.182. The third-order valence-electron chi connectivity index (χ3n) is 4.74. The van der Waals surface area contributed by atoms with Crippen LogP contribution in [0, 0.1) is 22.7 Å². The number of hydrogen-bond donors (Lipinski definition) is 1. The van der Waals surface area contributed by atoms with Gasteiger partial charge in [-0.15, -0.1) is 0 Å². The van der Waals surface area contributed by atoms with Crippen molar-refractivity contribution in [2.45, 2.75) is 33.1 Å². The third kappa shape index (κ3) is 0.954. The van der Waals surface area contributed by atoms with Crippen molar-refractivity contribution in [2.75, 3.05) is 6.54 Å². The minimum absolute atomic E-state index is 0.182. The molecule has 0 aliphatic heterocycles. The fourth-order valence-electron chi connectivity index (χ4n) is 3.53. The van der Waals surface area contributed by atoms with Gasteiger partial charge in [0.2, 0.25) is 0 Å². The molecular formula is C11H19NO. The molecule has 3 aliphatic carbocycles. The molecule has 3 rings (SSSR count). The molecule has 0 amide bonds. The van der Waals surface area contributed by atoms with Gasteiger partial charge in [-0.2, -0.15) is 0 Å². The second-order valence-electron chi connectivity index (χ2n) is 5.40. The van der Waals surface area contributed by atoms with Crippen LogP contribution >= 0.6 is 0 Å². The van der Waals surface area contributed by atoms with Crippen LogP contribution in [0.3, 0.4) is 0 Å². The van der Waals surface area contributed by atoms with Crippen molar-refractivity contribution >= 4 is 6.29 Å². The van der Waals surface area contributed by atoms with Gasteiger partial charge in [0.25, 0.3) is 0 Å². The van der Waals surface area contributed by atoms with Gasteiger partial charge in [-0.05, 0) is 36.5 Å². The molecule has 2 nitrogen and oxygen atoms in total. The van der Waals surface area contributed by atoms with E-state index in [-0.39, 0.29) is 5.41 Å². The standard InChI is InChI=1S/C11H19NO/c1-10(2)8-3-4-11(6-12,7-13)9(10)5-8/h7-9H,3-6,12H2,1-2H3. The summed E-state index contributed by atoms with van der Waals surface area (Å²) < 4.78 is 0. The highest BCUT2D eigenvalue weighted by molar-refractivity contribution is 5.62. The van der Waals surface area contributed by atoms with Gasteiger partial charge >= 0.3 is 0 Å². The Morgan fingerprint density at radius 2 is 2.23 bits per heavy atom. The Hall–Kier alpha value is -0.370. The first-order valence-electron chi connectivity index (χ1n) is 5.23. The fourth-order valence-corrected chi connectivity index (χ4v) is 3.53. The van der Waals surface area contributed by atoms with Gasteiger partial charge in [-0.1, -0.05) is 13.8 Å². The Morgan fingerprint density at radius 3 is 2.54 bits per heavy atom. The van der Waals surface area contributed by atoms with Crippen LogP contribution in [0.1, 0.15) is 33.1 Å². The molecule has 13 heavy (non-hydrogen) atoms. The Balaban J connectivity index is 2.27. The van der Waals surface area contributed by atoms with Crippen molar-refractivity contribution in [3.63, 3.8) is 0 Å². The molecule has 0 aromatic heterocycles. The van der Waals surface area contributed by atoms with Crippen molar-refractivity contribution < 1.29 is 4.79 Å². The monoisotopic (exact) mass is 181 g/mol. The quantitative estimate of drug-likeness (QED) is 0.657. The molecule has 3 atom stereocenters. The molecule has 0 aromatic carbocycles. The zero-order chi connectivity index (χ0) is 9.69. The van der Waals surface area contributed by atoms with E-state index in [9.17, 15) is 4.79 Å². The molecule has 0 aromatic rings. The Labute approximate surface area is 79.9 Å². The number of hydrogen-bond acceptors (Lipinski definition) is 2. The number of carbonyl (C=O) groups is 1. The summed E-state index contributed by atoms with van der Waals surface area (Å²) in [4.78, 5) is 11.2. The first-order chi connectivity index (χ1) is 6.07. The van der Waals surface area contributed by atoms with Crippen molar-refractivity contribution in [1.82, 2.24) is 0 Å². The van der Waals surface area contributed by atoms with Gasteiger partial charge in [-0.25, -0.2) is 0 Å². The smallest absolute Gasteiger partial charge is 0.127 e. The van der Waals surface area contributed by atoms with Crippen molar-refractivity contribution in [2.24, 2.45) is 28.4 Å². The maximum Gasteiger partial charge on any atom is 0.127 e. The van der Waals surface area contributed by atoms with E-state index < -0.39 is 0 Å². The summed E-state index contributed by atoms with van der Waals surface area (Å²) in [7, 11) is 0. The molecule has 3 fully saturated rings. The lowest BCUT2D eigenvalue weighted by Crippen LogP contribution is -2.60. The first-order valence-corrected chi connectivity index (χ1v) is 5.23.